The Morgan fingerprint density at radius 3 is 3.17 bits per heavy atom. The van der Waals surface area contributed by atoms with Crippen molar-refractivity contribution in [1.29, 1.82) is 0 Å². The van der Waals surface area contributed by atoms with Crippen LogP contribution in [0.3, 0.4) is 0 Å². The number of aryl methyl sites for hydroxylation is 1. The zero-order valence-corrected chi connectivity index (χ0v) is 11.3. The fourth-order valence-corrected chi connectivity index (χ4v) is 3.85. The molecular formula is C13H17NO3S. The third-order valence-corrected chi connectivity index (χ3v) is 4.73. The van der Waals surface area contributed by atoms with Crippen LogP contribution in [0.1, 0.15) is 53.8 Å². The van der Waals surface area contributed by atoms with Crippen molar-refractivity contribution in [3.8, 4) is 0 Å². The Balaban J connectivity index is 1.80. The number of rotatable bonds is 3. The van der Waals surface area contributed by atoms with E-state index in [9.17, 15) is 4.79 Å². The Morgan fingerprint density at radius 2 is 2.44 bits per heavy atom. The molecule has 1 aromatic rings. The topological polar surface area (TPSA) is 48.4 Å². The van der Waals surface area contributed by atoms with Crippen molar-refractivity contribution in [2.45, 2.75) is 44.6 Å². The van der Waals surface area contributed by atoms with Crippen LogP contribution in [0.2, 0.25) is 0 Å². The van der Waals surface area contributed by atoms with Gasteiger partial charge in [0.2, 0.25) is 0 Å². The summed E-state index contributed by atoms with van der Waals surface area (Å²) in [6.45, 7) is 3.11. The fraction of sp³-hybridized carbons (Fsp3) is 0.692. The van der Waals surface area contributed by atoms with Crippen LogP contribution < -0.4 is 0 Å². The van der Waals surface area contributed by atoms with Gasteiger partial charge in [-0.15, -0.1) is 11.3 Å². The van der Waals surface area contributed by atoms with Crippen molar-refractivity contribution in [2.24, 2.45) is 0 Å². The Morgan fingerprint density at radius 1 is 1.56 bits per heavy atom. The highest BCUT2D eigenvalue weighted by Crippen LogP contribution is 2.41. The zero-order valence-electron chi connectivity index (χ0n) is 10.5. The Bertz CT molecular complexity index is 451. The third-order valence-electron chi connectivity index (χ3n) is 3.51. The molecule has 0 N–H and O–H groups in total. The predicted molar refractivity (Wildman–Crippen MR) is 67.7 cm³/mol. The molecule has 5 heteroatoms. The van der Waals surface area contributed by atoms with Gasteiger partial charge in [0, 0.05) is 11.5 Å². The van der Waals surface area contributed by atoms with Crippen LogP contribution in [-0.2, 0) is 20.7 Å². The molecule has 0 bridgehead atoms. The molecule has 1 saturated heterocycles. The summed E-state index contributed by atoms with van der Waals surface area (Å²) in [5, 5.41) is 1.05. The van der Waals surface area contributed by atoms with E-state index in [4.69, 9.17) is 9.47 Å². The summed E-state index contributed by atoms with van der Waals surface area (Å²) in [7, 11) is 0. The van der Waals surface area contributed by atoms with Crippen LogP contribution >= 0.6 is 11.3 Å². The molecule has 1 aromatic heterocycles. The van der Waals surface area contributed by atoms with Gasteiger partial charge in [0.1, 0.15) is 17.0 Å². The molecule has 0 radical (unpaired) electrons. The van der Waals surface area contributed by atoms with E-state index in [0.29, 0.717) is 6.61 Å². The van der Waals surface area contributed by atoms with Crippen molar-refractivity contribution in [3.63, 3.8) is 0 Å². The second-order valence-electron chi connectivity index (χ2n) is 4.71. The molecule has 98 valence electrons. The van der Waals surface area contributed by atoms with E-state index < -0.39 is 0 Å². The summed E-state index contributed by atoms with van der Waals surface area (Å²) in [6, 6.07) is 0. The maximum absolute atomic E-state index is 11.8. The van der Waals surface area contributed by atoms with Gasteiger partial charge in [-0.3, -0.25) is 4.79 Å². The molecule has 2 atom stereocenters. The molecule has 1 aliphatic heterocycles. The molecule has 1 aliphatic carbocycles. The lowest BCUT2D eigenvalue weighted by molar-refractivity contribution is -0.145. The molecule has 2 heterocycles. The van der Waals surface area contributed by atoms with Gasteiger partial charge < -0.3 is 9.47 Å². The van der Waals surface area contributed by atoms with Gasteiger partial charge in [-0.1, -0.05) is 0 Å². The van der Waals surface area contributed by atoms with Crippen LogP contribution in [0.4, 0.5) is 0 Å². The van der Waals surface area contributed by atoms with Gasteiger partial charge in [-0.25, -0.2) is 4.98 Å². The smallest absolute Gasteiger partial charge is 0.315 e. The van der Waals surface area contributed by atoms with Crippen LogP contribution in [0, 0.1) is 0 Å². The number of thiazole rings is 1. The average Bonchev–Trinajstić information content (AvgIpc) is 3.04. The SMILES string of the molecule is CCOC(=O)C1CCc2sc(C3CCCO3)nc21. The molecule has 0 saturated carbocycles. The minimum Gasteiger partial charge on any atom is -0.465 e. The highest BCUT2D eigenvalue weighted by Gasteiger charge is 2.35. The lowest BCUT2D eigenvalue weighted by atomic mass is 10.1. The van der Waals surface area contributed by atoms with E-state index >= 15 is 0 Å². The van der Waals surface area contributed by atoms with Gasteiger partial charge in [-0.05, 0) is 32.6 Å². The molecule has 3 rings (SSSR count). The van der Waals surface area contributed by atoms with Gasteiger partial charge in [0.15, 0.2) is 0 Å². The highest BCUT2D eigenvalue weighted by atomic mass is 32.1. The second-order valence-corrected chi connectivity index (χ2v) is 5.82. The van der Waals surface area contributed by atoms with Crippen LogP contribution in [0.25, 0.3) is 0 Å². The number of hydrogen-bond acceptors (Lipinski definition) is 5. The number of carbonyl (C=O) groups is 1. The van der Waals surface area contributed by atoms with Gasteiger partial charge >= 0.3 is 5.97 Å². The molecule has 1 fully saturated rings. The van der Waals surface area contributed by atoms with Gasteiger partial charge in [0.25, 0.3) is 0 Å². The predicted octanol–water partition coefficient (Wildman–Crippen LogP) is 2.59. The molecule has 2 aliphatic rings. The highest BCUT2D eigenvalue weighted by molar-refractivity contribution is 7.11. The number of hydrogen-bond donors (Lipinski definition) is 0. The van der Waals surface area contributed by atoms with Crippen LogP contribution in [-0.4, -0.2) is 24.2 Å². The maximum atomic E-state index is 11.8. The molecule has 18 heavy (non-hydrogen) atoms. The second kappa shape index (κ2) is 4.97. The molecular weight excluding hydrogens is 250 g/mol. The summed E-state index contributed by atoms with van der Waals surface area (Å²) in [6.07, 6.45) is 4.11. The van der Waals surface area contributed by atoms with Crippen LogP contribution in [0.15, 0.2) is 0 Å². The number of fused-ring (bicyclic) bond motifs is 1. The average molecular weight is 267 g/mol. The van der Waals surface area contributed by atoms with Crippen molar-refractivity contribution in [1.82, 2.24) is 4.98 Å². The molecule has 2 unspecified atom stereocenters. The maximum Gasteiger partial charge on any atom is 0.315 e. The normalized spacial score (nSPS) is 26.3. The largest absolute Gasteiger partial charge is 0.465 e. The van der Waals surface area contributed by atoms with Crippen molar-refractivity contribution < 1.29 is 14.3 Å². The minimum atomic E-state index is -0.147. The summed E-state index contributed by atoms with van der Waals surface area (Å²) in [4.78, 5) is 17.7. The summed E-state index contributed by atoms with van der Waals surface area (Å²) >= 11 is 1.71. The van der Waals surface area contributed by atoms with E-state index in [2.05, 4.69) is 4.98 Å². The van der Waals surface area contributed by atoms with E-state index in [1.807, 2.05) is 6.92 Å². The molecule has 0 spiro atoms. The summed E-state index contributed by atoms with van der Waals surface area (Å²) in [5.74, 6) is -0.271. The van der Waals surface area contributed by atoms with Crippen molar-refractivity contribution in [3.05, 3.63) is 15.6 Å². The summed E-state index contributed by atoms with van der Waals surface area (Å²) < 4.78 is 10.8. The Labute approximate surface area is 110 Å². The lowest BCUT2D eigenvalue weighted by Crippen LogP contribution is -2.14. The number of carbonyl (C=O) groups excluding carboxylic acids is 1. The first-order valence-electron chi connectivity index (χ1n) is 6.57. The first-order chi connectivity index (χ1) is 8.79. The standard InChI is InChI=1S/C13H17NO3S/c1-2-16-13(15)8-5-6-10-11(8)14-12(18-10)9-4-3-7-17-9/h8-9H,2-7H2,1H3. The van der Waals surface area contributed by atoms with E-state index in [-0.39, 0.29) is 18.0 Å². The van der Waals surface area contributed by atoms with Crippen molar-refractivity contribution >= 4 is 17.3 Å². The first-order valence-corrected chi connectivity index (χ1v) is 7.39. The lowest BCUT2D eigenvalue weighted by Gasteiger charge is -2.09. The zero-order chi connectivity index (χ0) is 12.5. The number of aromatic nitrogens is 1. The fourth-order valence-electron chi connectivity index (χ4n) is 2.63. The number of esters is 1. The number of nitrogens with zero attached hydrogens (tertiary/aromatic N) is 1. The van der Waals surface area contributed by atoms with E-state index in [1.54, 1.807) is 11.3 Å². The Hall–Kier alpha value is -0.940. The van der Waals surface area contributed by atoms with E-state index in [0.717, 1.165) is 43.0 Å². The van der Waals surface area contributed by atoms with Crippen molar-refractivity contribution in [2.75, 3.05) is 13.2 Å². The molecule has 4 nitrogen and oxygen atoms in total. The van der Waals surface area contributed by atoms with E-state index in [1.165, 1.54) is 4.88 Å². The Kier molecular flexibility index (Phi) is 3.35. The number of ether oxygens (including phenoxy) is 2. The summed E-state index contributed by atoms with van der Waals surface area (Å²) in [5.41, 5.74) is 0.948. The van der Waals surface area contributed by atoms with Gasteiger partial charge in [0.05, 0.1) is 12.3 Å². The quantitative estimate of drug-likeness (QED) is 0.790. The monoisotopic (exact) mass is 267 g/mol. The molecule has 0 aromatic carbocycles. The minimum absolute atomic E-state index is 0.125. The van der Waals surface area contributed by atoms with Gasteiger partial charge in [-0.2, -0.15) is 0 Å². The van der Waals surface area contributed by atoms with Crippen LogP contribution in [0.5, 0.6) is 0 Å². The third kappa shape index (κ3) is 2.06. The molecule has 0 amide bonds. The first kappa shape index (κ1) is 12.1.